The van der Waals surface area contributed by atoms with Crippen LogP contribution in [0.25, 0.3) is 0 Å². The second kappa shape index (κ2) is 11.2. The van der Waals surface area contributed by atoms with Crippen LogP contribution in [0.3, 0.4) is 0 Å². The molecule has 0 amide bonds. The summed E-state index contributed by atoms with van der Waals surface area (Å²) in [4.78, 5) is 10.7. The van der Waals surface area contributed by atoms with Crippen LogP contribution in [0, 0.1) is 0 Å². The van der Waals surface area contributed by atoms with Gasteiger partial charge in [0.05, 0.1) is 0 Å². The van der Waals surface area contributed by atoms with Crippen LogP contribution < -0.4 is 0 Å². The predicted octanol–water partition coefficient (Wildman–Crippen LogP) is 6.36. The van der Waals surface area contributed by atoms with E-state index in [4.69, 9.17) is 0 Å². The molecular weight excluding hydrogens is 323 g/mol. The molecule has 0 atom stereocenters. The quantitative estimate of drug-likeness (QED) is 0.301. The van der Waals surface area contributed by atoms with Crippen molar-refractivity contribution in [1.29, 1.82) is 0 Å². The summed E-state index contributed by atoms with van der Waals surface area (Å²) in [7, 11) is 0. The van der Waals surface area contributed by atoms with E-state index < -0.39 is 18.5 Å². The number of carbonyl (C=O) groups is 1. The van der Waals surface area contributed by atoms with Crippen LogP contribution in [0.15, 0.2) is 0 Å². The minimum absolute atomic E-state index is 0.0885. The second-order valence-electron chi connectivity index (χ2n) is 5.47. The lowest BCUT2D eigenvalue weighted by molar-refractivity contribution is -0.284. The Balaban J connectivity index is 3.33. The normalized spacial score (nSPS) is 12.6. The van der Waals surface area contributed by atoms with Gasteiger partial charge in [-0.1, -0.05) is 56.7 Å². The average Bonchev–Trinajstić information content (AvgIpc) is 2.38. The summed E-state index contributed by atoms with van der Waals surface area (Å²) in [5.41, 5.74) is 0. The summed E-state index contributed by atoms with van der Waals surface area (Å²) in [5.74, 6) is -3.70. The third kappa shape index (κ3) is 11.3. The molecule has 0 aliphatic rings. The lowest BCUT2D eigenvalue weighted by atomic mass is 10.0. The van der Waals surface area contributed by atoms with E-state index in [0.29, 0.717) is 12.8 Å². The molecular formula is C15H25F5OS. The van der Waals surface area contributed by atoms with E-state index in [-0.39, 0.29) is 11.5 Å². The third-order valence-electron chi connectivity index (χ3n) is 3.36. The first-order valence-corrected chi connectivity index (χ1v) is 8.73. The van der Waals surface area contributed by atoms with Gasteiger partial charge in [0.25, 0.3) is 0 Å². The van der Waals surface area contributed by atoms with E-state index in [0.717, 1.165) is 44.3 Å². The topological polar surface area (TPSA) is 17.1 Å². The summed E-state index contributed by atoms with van der Waals surface area (Å²) >= 11 is 1.33. The summed E-state index contributed by atoms with van der Waals surface area (Å²) in [5, 5.41) is 0.135. The Morgan fingerprint density at radius 1 is 0.773 bits per heavy atom. The Kier molecular flexibility index (Phi) is 11.1. The number of carbonyl (C=O) groups excluding carboxylic acids is 1. The largest absolute Gasteiger partial charge is 0.453 e. The monoisotopic (exact) mass is 348 g/mol. The summed E-state index contributed by atoms with van der Waals surface area (Å²) in [6, 6.07) is 0. The van der Waals surface area contributed by atoms with Gasteiger partial charge >= 0.3 is 12.1 Å². The fourth-order valence-corrected chi connectivity index (χ4v) is 2.68. The van der Waals surface area contributed by atoms with Crippen molar-refractivity contribution < 1.29 is 26.7 Å². The van der Waals surface area contributed by atoms with Crippen LogP contribution in [-0.2, 0) is 4.79 Å². The molecule has 0 saturated carbocycles. The van der Waals surface area contributed by atoms with Crippen molar-refractivity contribution in [3.8, 4) is 0 Å². The molecule has 0 aliphatic heterocycles. The molecule has 0 aromatic carbocycles. The van der Waals surface area contributed by atoms with Crippen molar-refractivity contribution in [2.45, 2.75) is 83.2 Å². The molecule has 22 heavy (non-hydrogen) atoms. The van der Waals surface area contributed by atoms with Crippen LogP contribution >= 0.6 is 11.8 Å². The Morgan fingerprint density at radius 3 is 1.59 bits per heavy atom. The predicted molar refractivity (Wildman–Crippen MR) is 80.3 cm³/mol. The van der Waals surface area contributed by atoms with Crippen LogP contribution in [0.4, 0.5) is 22.0 Å². The molecule has 0 rings (SSSR count). The van der Waals surface area contributed by atoms with Crippen LogP contribution in [0.1, 0.15) is 71.1 Å². The number of hydrogen-bond donors (Lipinski definition) is 0. The van der Waals surface area contributed by atoms with Gasteiger partial charge in [-0.15, -0.1) is 0 Å². The Bertz CT molecular complexity index is 305. The van der Waals surface area contributed by atoms with Crippen molar-refractivity contribution in [3.05, 3.63) is 0 Å². The van der Waals surface area contributed by atoms with Gasteiger partial charge in [-0.25, -0.2) is 0 Å². The molecule has 0 N–H and O–H groups in total. The fraction of sp³-hybridized carbons (Fsp3) is 0.933. The SMILES string of the molecule is CC(=O)SCCCCCCCCCCCC(F)(F)C(F)(F)F. The van der Waals surface area contributed by atoms with Crippen molar-refractivity contribution in [2.24, 2.45) is 0 Å². The summed E-state index contributed by atoms with van der Waals surface area (Å²) in [6.45, 7) is 1.55. The lowest BCUT2D eigenvalue weighted by Gasteiger charge is -2.19. The smallest absolute Gasteiger partial charge is 0.288 e. The third-order valence-corrected chi connectivity index (χ3v) is 4.25. The molecule has 0 saturated heterocycles. The average molecular weight is 348 g/mol. The van der Waals surface area contributed by atoms with Gasteiger partial charge in [-0.3, -0.25) is 4.79 Å². The van der Waals surface area contributed by atoms with E-state index in [1.54, 1.807) is 6.92 Å². The Labute approximate surface area is 133 Å². The van der Waals surface area contributed by atoms with E-state index in [2.05, 4.69) is 0 Å². The zero-order chi connectivity index (χ0) is 17.1. The molecule has 0 spiro atoms. The minimum Gasteiger partial charge on any atom is -0.288 e. The summed E-state index contributed by atoms with van der Waals surface area (Å²) in [6.07, 6.45) is 0.556. The Morgan fingerprint density at radius 2 is 1.18 bits per heavy atom. The van der Waals surface area contributed by atoms with Gasteiger partial charge in [0.15, 0.2) is 5.12 Å². The maximum Gasteiger partial charge on any atom is 0.453 e. The minimum atomic E-state index is -5.42. The molecule has 0 aromatic rings. The zero-order valence-corrected chi connectivity index (χ0v) is 13.8. The molecule has 7 heteroatoms. The maximum absolute atomic E-state index is 12.6. The number of halogens is 5. The molecule has 0 aliphatic carbocycles. The van der Waals surface area contributed by atoms with Crippen LogP contribution in [0.5, 0.6) is 0 Å². The maximum atomic E-state index is 12.6. The second-order valence-corrected chi connectivity index (χ2v) is 6.75. The van der Waals surface area contributed by atoms with Crippen LogP contribution in [-0.4, -0.2) is 23.0 Å². The van der Waals surface area contributed by atoms with Gasteiger partial charge in [0.2, 0.25) is 0 Å². The molecule has 132 valence electrons. The van der Waals surface area contributed by atoms with E-state index in [9.17, 15) is 26.7 Å². The van der Waals surface area contributed by atoms with Crippen molar-refractivity contribution in [1.82, 2.24) is 0 Å². The number of thioether (sulfide) groups is 1. The first-order valence-electron chi connectivity index (χ1n) is 7.75. The van der Waals surface area contributed by atoms with Gasteiger partial charge in [-0.2, -0.15) is 22.0 Å². The van der Waals surface area contributed by atoms with Crippen molar-refractivity contribution in [3.63, 3.8) is 0 Å². The molecule has 0 heterocycles. The standard InChI is InChI=1S/C15H25F5OS/c1-13(21)22-12-10-8-6-4-2-3-5-7-9-11-14(16,17)15(18,19)20/h2-12H2,1H3. The van der Waals surface area contributed by atoms with Gasteiger partial charge in [0, 0.05) is 19.1 Å². The van der Waals surface area contributed by atoms with Crippen LogP contribution in [0.2, 0.25) is 0 Å². The number of unbranched alkanes of at least 4 members (excludes halogenated alkanes) is 8. The van der Waals surface area contributed by atoms with Gasteiger partial charge < -0.3 is 0 Å². The molecule has 0 aromatic heterocycles. The zero-order valence-electron chi connectivity index (χ0n) is 13.0. The number of hydrogen-bond acceptors (Lipinski definition) is 2. The van der Waals surface area contributed by atoms with E-state index >= 15 is 0 Å². The highest BCUT2D eigenvalue weighted by molar-refractivity contribution is 8.13. The first kappa shape index (κ1) is 21.7. The van der Waals surface area contributed by atoms with Crippen molar-refractivity contribution in [2.75, 3.05) is 5.75 Å². The highest BCUT2D eigenvalue weighted by Gasteiger charge is 2.56. The molecule has 0 unspecified atom stereocenters. The molecule has 0 radical (unpaired) electrons. The molecule has 1 nitrogen and oxygen atoms in total. The molecule has 0 bridgehead atoms. The lowest BCUT2D eigenvalue weighted by Crippen LogP contribution is -2.36. The number of rotatable bonds is 12. The summed E-state index contributed by atoms with van der Waals surface area (Å²) < 4.78 is 61.0. The highest BCUT2D eigenvalue weighted by atomic mass is 32.2. The van der Waals surface area contributed by atoms with Gasteiger partial charge in [0.1, 0.15) is 0 Å². The van der Waals surface area contributed by atoms with E-state index in [1.807, 2.05) is 0 Å². The van der Waals surface area contributed by atoms with Gasteiger partial charge in [-0.05, 0) is 12.8 Å². The highest BCUT2D eigenvalue weighted by Crippen LogP contribution is 2.39. The Hall–Kier alpha value is -0.330. The number of alkyl halides is 5. The van der Waals surface area contributed by atoms with E-state index in [1.165, 1.54) is 11.8 Å². The fourth-order valence-electron chi connectivity index (χ4n) is 2.04. The molecule has 0 fully saturated rings. The first-order chi connectivity index (χ1) is 10.2. The van der Waals surface area contributed by atoms with Crippen molar-refractivity contribution >= 4 is 16.9 Å².